The largest absolute Gasteiger partial charge is 0.431 e. The summed E-state index contributed by atoms with van der Waals surface area (Å²) in [5.74, 6) is -1.22. The van der Waals surface area contributed by atoms with Crippen LogP contribution in [0.25, 0.3) is 5.69 Å². The fourth-order valence-electron chi connectivity index (χ4n) is 1.67. The first-order valence-corrected chi connectivity index (χ1v) is 5.49. The minimum Gasteiger partial charge on any atom is -0.303 e. The molecule has 0 fully saturated rings. The Bertz CT molecular complexity index is 838. The molecule has 1 N–H and O–H groups in total. The number of benzene rings is 1. The fraction of sp³-hybridized carbons (Fsp3) is 0.0909. The second kappa shape index (κ2) is 5.09. The quantitative estimate of drug-likeness (QED) is 0.516. The van der Waals surface area contributed by atoms with Gasteiger partial charge in [0.2, 0.25) is 5.82 Å². The number of nitrogens with zero attached hydrogens (tertiary/aromatic N) is 2. The van der Waals surface area contributed by atoms with Gasteiger partial charge in [-0.05, 0) is 12.1 Å². The Labute approximate surface area is 117 Å². The number of rotatable bonds is 2. The SMILES string of the molecule is O=c1cc(C(F)(F)F)[nH]c(=O)n1-c1ccc(F)c([N+](=O)[O-])c1. The van der Waals surface area contributed by atoms with Crippen molar-refractivity contribution in [1.29, 1.82) is 0 Å². The van der Waals surface area contributed by atoms with E-state index >= 15 is 0 Å². The van der Waals surface area contributed by atoms with E-state index < -0.39 is 45.2 Å². The molecule has 2 aromatic rings. The van der Waals surface area contributed by atoms with Crippen molar-refractivity contribution in [1.82, 2.24) is 9.55 Å². The van der Waals surface area contributed by atoms with Crippen molar-refractivity contribution in [3.8, 4) is 5.69 Å². The molecule has 0 atom stereocenters. The molecular weight excluding hydrogens is 314 g/mol. The molecule has 0 aliphatic rings. The molecule has 7 nitrogen and oxygen atoms in total. The summed E-state index contributed by atoms with van der Waals surface area (Å²) < 4.78 is 50.8. The summed E-state index contributed by atoms with van der Waals surface area (Å²) in [4.78, 5) is 34.2. The van der Waals surface area contributed by atoms with Gasteiger partial charge in [0.15, 0.2) is 0 Å². The van der Waals surface area contributed by atoms with E-state index in [-0.39, 0.29) is 10.6 Å². The zero-order valence-electron chi connectivity index (χ0n) is 10.3. The molecule has 0 radical (unpaired) electrons. The standard InChI is InChI=1S/C11H5F4N3O4/c12-6-2-1-5(3-7(6)18(21)22)17-9(19)4-8(11(13,14)15)16-10(17)20/h1-4H,(H,16,20). The monoisotopic (exact) mass is 319 g/mol. The van der Waals surface area contributed by atoms with Crippen molar-refractivity contribution in [2.75, 3.05) is 0 Å². The number of nitro benzene ring substituents is 1. The maximum Gasteiger partial charge on any atom is 0.431 e. The van der Waals surface area contributed by atoms with Gasteiger partial charge in [0, 0.05) is 12.1 Å². The lowest BCUT2D eigenvalue weighted by atomic mass is 10.2. The average molecular weight is 319 g/mol. The van der Waals surface area contributed by atoms with E-state index in [9.17, 15) is 37.3 Å². The van der Waals surface area contributed by atoms with Crippen molar-refractivity contribution in [3.63, 3.8) is 0 Å². The van der Waals surface area contributed by atoms with Crippen molar-refractivity contribution in [3.05, 3.63) is 66.7 Å². The molecule has 0 amide bonds. The predicted octanol–water partition coefficient (Wildman–Crippen LogP) is 1.59. The minimum absolute atomic E-state index is 0.122. The van der Waals surface area contributed by atoms with Crippen LogP contribution in [-0.4, -0.2) is 14.5 Å². The summed E-state index contributed by atoms with van der Waals surface area (Å²) in [6, 6.07) is 2.17. The summed E-state index contributed by atoms with van der Waals surface area (Å²) in [5, 5.41) is 10.6. The number of halogens is 4. The van der Waals surface area contributed by atoms with Crippen LogP contribution in [0.4, 0.5) is 23.2 Å². The molecule has 22 heavy (non-hydrogen) atoms. The Balaban J connectivity index is 2.70. The third-order valence-corrected chi connectivity index (χ3v) is 2.62. The zero-order valence-corrected chi connectivity index (χ0v) is 10.3. The van der Waals surface area contributed by atoms with Crippen LogP contribution in [0.2, 0.25) is 0 Å². The minimum atomic E-state index is -4.94. The molecule has 0 saturated carbocycles. The van der Waals surface area contributed by atoms with E-state index in [0.29, 0.717) is 12.1 Å². The van der Waals surface area contributed by atoms with Crippen LogP contribution < -0.4 is 11.2 Å². The second-order valence-corrected chi connectivity index (χ2v) is 4.05. The van der Waals surface area contributed by atoms with E-state index in [2.05, 4.69) is 0 Å². The number of hydrogen-bond acceptors (Lipinski definition) is 4. The number of hydrogen-bond donors (Lipinski definition) is 1. The summed E-state index contributed by atoms with van der Waals surface area (Å²) in [6.45, 7) is 0. The lowest BCUT2D eigenvalue weighted by Gasteiger charge is -2.08. The molecule has 2 rings (SSSR count). The molecule has 0 aliphatic carbocycles. The number of nitro groups is 1. The van der Waals surface area contributed by atoms with E-state index in [0.717, 1.165) is 6.07 Å². The highest BCUT2D eigenvalue weighted by Gasteiger charge is 2.33. The van der Waals surface area contributed by atoms with Crippen LogP contribution in [0.15, 0.2) is 33.9 Å². The number of nitrogens with one attached hydrogen (secondary N) is 1. The Hall–Kier alpha value is -2.98. The van der Waals surface area contributed by atoms with Crippen molar-refractivity contribution < 1.29 is 22.5 Å². The molecule has 0 unspecified atom stereocenters. The topological polar surface area (TPSA) is 98.0 Å². The summed E-state index contributed by atoms with van der Waals surface area (Å²) in [5.41, 5.74) is -5.84. The lowest BCUT2D eigenvalue weighted by Crippen LogP contribution is -2.35. The smallest absolute Gasteiger partial charge is 0.303 e. The molecule has 11 heteroatoms. The third-order valence-electron chi connectivity index (χ3n) is 2.62. The Morgan fingerprint density at radius 3 is 2.32 bits per heavy atom. The second-order valence-electron chi connectivity index (χ2n) is 4.05. The molecule has 1 heterocycles. The Morgan fingerprint density at radius 1 is 1.18 bits per heavy atom. The van der Waals surface area contributed by atoms with Crippen molar-refractivity contribution in [2.45, 2.75) is 6.18 Å². The first-order chi connectivity index (χ1) is 10.1. The molecule has 116 valence electrons. The highest BCUT2D eigenvalue weighted by Crippen LogP contribution is 2.25. The van der Waals surface area contributed by atoms with E-state index in [1.54, 1.807) is 0 Å². The molecule has 0 saturated heterocycles. The van der Waals surface area contributed by atoms with E-state index in [4.69, 9.17) is 0 Å². The predicted molar refractivity (Wildman–Crippen MR) is 64.3 cm³/mol. The van der Waals surface area contributed by atoms with E-state index in [1.807, 2.05) is 0 Å². The van der Waals surface area contributed by atoms with Crippen LogP contribution in [0, 0.1) is 15.9 Å². The van der Waals surface area contributed by atoms with Gasteiger partial charge in [-0.3, -0.25) is 14.9 Å². The number of H-pyrrole nitrogens is 1. The van der Waals surface area contributed by atoms with Crippen molar-refractivity contribution in [2.24, 2.45) is 0 Å². The normalized spacial score (nSPS) is 11.5. The van der Waals surface area contributed by atoms with Gasteiger partial charge in [0.1, 0.15) is 5.69 Å². The average Bonchev–Trinajstić information content (AvgIpc) is 2.38. The molecule has 0 spiro atoms. The fourth-order valence-corrected chi connectivity index (χ4v) is 1.67. The summed E-state index contributed by atoms with van der Waals surface area (Å²) >= 11 is 0. The van der Waals surface area contributed by atoms with Crippen LogP contribution in [0.1, 0.15) is 5.69 Å². The Kier molecular flexibility index (Phi) is 3.57. The third kappa shape index (κ3) is 2.73. The van der Waals surface area contributed by atoms with Crippen LogP contribution in [0.3, 0.4) is 0 Å². The van der Waals surface area contributed by atoms with Gasteiger partial charge >= 0.3 is 17.6 Å². The zero-order chi connectivity index (χ0) is 16.7. The number of aromatic amines is 1. The van der Waals surface area contributed by atoms with Gasteiger partial charge in [-0.1, -0.05) is 0 Å². The van der Waals surface area contributed by atoms with Gasteiger partial charge in [0.25, 0.3) is 5.56 Å². The first kappa shape index (κ1) is 15.4. The van der Waals surface area contributed by atoms with Gasteiger partial charge in [0.05, 0.1) is 10.6 Å². The van der Waals surface area contributed by atoms with Crippen LogP contribution in [0.5, 0.6) is 0 Å². The molecule has 1 aromatic heterocycles. The van der Waals surface area contributed by atoms with Gasteiger partial charge in [-0.2, -0.15) is 17.6 Å². The number of alkyl halides is 3. The van der Waals surface area contributed by atoms with Crippen molar-refractivity contribution >= 4 is 5.69 Å². The van der Waals surface area contributed by atoms with Crippen LogP contribution in [-0.2, 0) is 6.18 Å². The van der Waals surface area contributed by atoms with Gasteiger partial charge in [-0.25, -0.2) is 9.36 Å². The maximum atomic E-state index is 13.2. The molecule has 0 bridgehead atoms. The molecule has 0 aliphatic heterocycles. The highest BCUT2D eigenvalue weighted by molar-refractivity contribution is 5.44. The summed E-state index contributed by atoms with van der Waals surface area (Å²) in [6.07, 6.45) is -4.94. The van der Waals surface area contributed by atoms with E-state index in [1.165, 1.54) is 4.98 Å². The van der Waals surface area contributed by atoms with Gasteiger partial charge < -0.3 is 4.98 Å². The molecular formula is C11H5F4N3O4. The van der Waals surface area contributed by atoms with Gasteiger partial charge in [-0.15, -0.1) is 0 Å². The molecule has 1 aromatic carbocycles. The maximum absolute atomic E-state index is 13.2. The Morgan fingerprint density at radius 2 is 1.82 bits per heavy atom. The van der Waals surface area contributed by atoms with Crippen LogP contribution >= 0.6 is 0 Å². The lowest BCUT2D eigenvalue weighted by molar-refractivity contribution is -0.387. The highest BCUT2D eigenvalue weighted by atomic mass is 19.4. The summed E-state index contributed by atoms with van der Waals surface area (Å²) in [7, 11) is 0. The first-order valence-electron chi connectivity index (χ1n) is 5.49. The number of aromatic nitrogens is 2.